The number of hydrogen-bond acceptors (Lipinski definition) is 10. The van der Waals surface area contributed by atoms with E-state index in [1.807, 2.05) is 0 Å². The zero-order chi connectivity index (χ0) is 28.0. The van der Waals surface area contributed by atoms with Crippen LogP contribution in [0.5, 0.6) is 0 Å². The fourth-order valence-electron chi connectivity index (χ4n) is 2.82. The third-order valence-corrected chi connectivity index (χ3v) is 4.54. The number of anilines is 4. The van der Waals surface area contributed by atoms with Gasteiger partial charge in [0.2, 0.25) is 11.9 Å². The van der Waals surface area contributed by atoms with Gasteiger partial charge in [-0.25, -0.2) is 19.4 Å². The number of alkyl halides is 3. The van der Waals surface area contributed by atoms with E-state index in [0.717, 1.165) is 6.20 Å². The van der Waals surface area contributed by atoms with E-state index in [4.69, 9.17) is 10.2 Å². The minimum absolute atomic E-state index is 0.0407. The summed E-state index contributed by atoms with van der Waals surface area (Å²) in [5.74, 6) is -4.36. The smallest absolute Gasteiger partial charge is 0.477 e. The standard InChI is InChI=1S/C19H14N6O5.C3H3F3O2/c20-15(26)9-1-3-10(4-2-9)23-18-21-8-12(17(27)28)16(25-18)22-11-5-6-14-13(7-11)24-19(29)30-14;1-8-2(7)3(4,5)6/h1-8H,(H2,20,26)(H,24,29)(H,27,28)(H2,21,22,23,25);1H3. The number of esters is 1. The second-order valence-corrected chi connectivity index (χ2v) is 7.17. The van der Waals surface area contributed by atoms with Crippen molar-refractivity contribution in [2.45, 2.75) is 6.18 Å². The third-order valence-electron chi connectivity index (χ3n) is 4.54. The van der Waals surface area contributed by atoms with Gasteiger partial charge >= 0.3 is 23.9 Å². The Morgan fingerprint density at radius 1 is 1.08 bits per heavy atom. The average Bonchev–Trinajstić information content (AvgIpc) is 3.23. The molecule has 0 aliphatic heterocycles. The maximum atomic E-state index is 11.6. The quantitative estimate of drug-likeness (QED) is 0.228. The Morgan fingerprint density at radius 3 is 2.29 bits per heavy atom. The van der Waals surface area contributed by atoms with Crippen LogP contribution >= 0.6 is 0 Å². The van der Waals surface area contributed by atoms with Crippen LogP contribution in [0.3, 0.4) is 0 Å². The van der Waals surface area contributed by atoms with E-state index < -0.39 is 29.8 Å². The van der Waals surface area contributed by atoms with Gasteiger partial charge in [0.1, 0.15) is 5.56 Å². The first-order valence-electron chi connectivity index (χ1n) is 10.2. The molecule has 2 aromatic carbocycles. The molecule has 38 heavy (non-hydrogen) atoms. The number of methoxy groups -OCH3 is 1. The Hall–Kier alpha value is -5.41. The van der Waals surface area contributed by atoms with Crippen molar-refractivity contribution in [3.63, 3.8) is 0 Å². The molecule has 16 heteroatoms. The number of aromatic amines is 1. The van der Waals surface area contributed by atoms with Gasteiger partial charge in [0.15, 0.2) is 11.4 Å². The van der Waals surface area contributed by atoms with Gasteiger partial charge in [-0.1, -0.05) is 0 Å². The number of benzene rings is 2. The van der Waals surface area contributed by atoms with Crippen LogP contribution in [-0.2, 0) is 9.53 Å². The lowest BCUT2D eigenvalue weighted by atomic mass is 10.2. The Kier molecular flexibility index (Phi) is 7.94. The number of ether oxygens (including phenoxy) is 1. The number of fused-ring (bicyclic) bond motifs is 1. The van der Waals surface area contributed by atoms with Crippen LogP contribution < -0.4 is 22.1 Å². The Morgan fingerprint density at radius 2 is 1.74 bits per heavy atom. The molecular weight excluding hydrogens is 517 g/mol. The molecule has 0 radical (unpaired) electrons. The van der Waals surface area contributed by atoms with Crippen molar-refractivity contribution in [1.82, 2.24) is 15.0 Å². The van der Waals surface area contributed by atoms with Crippen molar-refractivity contribution < 1.29 is 41.8 Å². The van der Waals surface area contributed by atoms with Gasteiger partial charge in [-0.2, -0.15) is 18.2 Å². The topological polar surface area (TPSA) is 203 Å². The molecule has 0 fully saturated rings. The molecule has 6 N–H and O–H groups in total. The molecular formula is C22H17F3N6O7. The molecule has 4 aromatic rings. The van der Waals surface area contributed by atoms with E-state index in [-0.39, 0.29) is 17.3 Å². The number of halogens is 3. The normalized spacial score (nSPS) is 10.7. The number of aromatic nitrogens is 3. The summed E-state index contributed by atoms with van der Waals surface area (Å²) in [6, 6.07) is 11.1. The molecule has 0 saturated carbocycles. The van der Waals surface area contributed by atoms with Crippen LogP contribution in [-0.4, -0.2) is 51.2 Å². The lowest BCUT2D eigenvalue weighted by Gasteiger charge is -2.11. The predicted molar refractivity (Wildman–Crippen MR) is 125 cm³/mol. The zero-order valence-electron chi connectivity index (χ0n) is 19.1. The largest absolute Gasteiger partial charge is 0.490 e. The first-order valence-corrected chi connectivity index (χ1v) is 10.2. The number of H-pyrrole nitrogens is 1. The number of amides is 1. The summed E-state index contributed by atoms with van der Waals surface area (Å²) < 4.78 is 41.2. The molecule has 4 rings (SSSR count). The van der Waals surface area contributed by atoms with Crippen LogP contribution in [0.1, 0.15) is 20.7 Å². The maximum absolute atomic E-state index is 11.6. The van der Waals surface area contributed by atoms with Crippen LogP contribution in [0.4, 0.5) is 36.3 Å². The monoisotopic (exact) mass is 534 g/mol. The molecule has 0 saturated heterocycles. The highest BCUT2D eigenvalue weighted by Crippen LogP contribution is 2.24. The summed E-state index contributed by atoms with van der Waals surface area (Å²) in [6.07, 6.45) is -3.69. The highest BCUT2D eigenvalue weighted by Gasteiger charge is 2.40. The first kappa shape index (κ1) is 27.2. The van der Waals surface area contributed by atoms with Crippen molar-refractivity contribution >= 4 is 52.1 Å². The summed E-state index contributed by atoms with van der Waals surface area (Å²) in [5, 5.41) is 15.3. The van der Waals surface area contributed by atoms with Crippen molar-refractivity contribution in [2.75, 3.05) is 17.7 Å². The SMILES string of the molecule is COC(=O)C(F)(F)F.NC(=O)c1ccc(Nc2ncc(C(=O)O)c(Nc3ccc4oc(=O)[nH]c4c3)n2)cc1. The molecule has 0 spiro atoms. The van der Waals surface area contributed by atoms with Gasteiger partial charge in [-0.3, -0.25) is 9.78 Å². The van der Waals surface area contributed by atoms with Crippen LogP contribution in [0.25, 0.3) is 11.1 Å². The minimum atomic E-state index is -4.85. The van der Waals surface area contributed by atoms with E-state index >= 15 is 0 Å². The summed E-state index contributed by atoms with van der Waals surface area (Å²) in [7, 11) is 0.676. The Balaban J connectivity index is 0.000000436. The molecule has 13 nitrogen and oxygen atoms in total. The van der Waals surface area contributed by atoms with Gasteiger partial charge in [0, 0.05) is 23.1 Å². The average molecular weight is 534 g/mol. The molecule has 0 unspecified atom stereocenters. The number of aromatic carboxylic acids is 1. The van der Waals surface area contributed by atoms with E-state index in [2.05, 4.69) is 30.3 Å². The second-order valence-electron chi connectivity index (χ2n) is 7.17. The van der Waals surface area contributed by atoms with Gasteiger partial charge < -0.3 is 30.6 Å². The zero-order valence-corrected chi connectivity index (χ0v) is 19.1. The van der Waals surface area contributed by atoms with Gasteiger partial charge in [-0.05, 0) is 42.5 Å². The number of carboxylic acids is 1. The fraction of sp³-hybridized carbons (Fsp3) is 0.0909. The van der Waals surface area contributed by atoms with E-state index in [9.17, 15) is 37.5 Å². The number of nitrogens with zero attached hydrogens (tertiary/aromatic N) is 2. The third kappa shape index (κ3) is 6.84. The molecule has 2 aromatic heterocycles. The number of carbonyl (C=O) groups is 3. The van der Waals surface area contributed by atoms with Gasteiger partial charge in [-0.15, -0.1) is 0 Å². The number of hydrogen-bond donors (Lipinski definition) is 5. The molecule has 1 amide bonds. The van der Waals surface area contributed by atoms with Gasteiger partial charge in [0.05, 0.1) is 12.6 Å². The van der Waals surface area contributed by atoms with Crippen LogP contribution in [0.2, 0.25) is 0 Å². The number of carbonyl (C=O) groups excluding carboxylic acids is 2. The molecule has 0 atom stereocenters. The highest BCUT2D eigenvalue weighted by atomic mass is 19.4. The first-order chi connectivity index (χ1) is 17.9. The molecule has 198 valence electrons. The summed E-state index contributed by atoms with van der Waals surface area (Å²) in [6.45, 7) is 0. The van der Waals surface area contributed by atoms with Gasteiger partial charge in [0.25, 0.3) is 0 Å². The van der Waals surface area contributed by atoms with E-state index in [1.165, 1.54) is 12.1 Å². The Bertz CT molecular complexity index is 1550. The number of nitrogens with one attached hydrogen (secondary N) is 3. The maximum Gasteiger partial charge on any atom is 0.490 e. The van der Waals surface area contributed by atoms with Crippen LogP contribution in [0.15, 0.2) is 57.9 Å². The lowest BCUT2D eigenvalue weighted by Crippen LogP contribution is -2.23. The molecule has 2 heterocycles. The van der Waals surface area contributed by atoms with E-state index in [0.29, 0.717) is 35.1 Å². The number of nitrogens with two attached hydrogens (primary N) is 1. The molecule has 0 aliphatic rings. The van der Waals surface area contributed by atoms with Crippen LogP contribution in [0, 0.1) is 0 Å². The van der Waals surface area contributed by atoms with Crippen molar-refractivity contribution in [3.05, 3.63) is 70.3 Å². The van der Waals surface area contributed by atoms with E-state index in [1.54, 1.807) is 30.3 Å². The second kappa shape index (κ2) is 11.1. The van der Waals surface area contributed by atoms with Crippen molar-refractivity contribution in [2.24, 2.45) is 5.73 Å². The number of rotatable bonds is 6. The summed E-state index contributed by atoms with van der Waals surface area (Å²) in [5.41, 5.74) is 7.29. The number of oxazole rings is 1. The number of carboxylic acid groups (broad SMARTS) is 1. The van der Waals surface area contributed by atoms with Crippen molar-refractivity contribution in [3.8, 4) is 0 Å². The predicted octanol–water partition coefficient (Wildman–Crippen LogP) is 2.92. The molecule has 0 bridgehead atoms. The summed E-state index contributed by atoms with van der Waals surface area (Å²) >= 11 is 0. The fourth-order valence-corrected chi connectivity index (χ4v) is 2.82. The molecule has 0 aliphatic carbocycles. The lowest BCUT2D eigenvalue weighted by molar-refractivity contribution is -0.196. The highest BCUT2D eigenvalue weighted by molar-refractivity contribution is 5.94. The summed E-state index contributed by atoms with van der Waals surface area (Å²) in [4.78, 5) is 54.3. The van der Waals surface area contributed by atoms with Crippen molar-refractivity contribution in [1.29, 1.82) is 0 Å². The number of primary amides is 1. The minimum Gasteiger partial charge on any atom is -0.477 e. The Labute approximate surface area is 209 Å².